The van der Waals surface area contributed by atoms with E-state index in [1.807, 2.05) is 36.4 Å². The molecule has 0 radical (unpaired) electrons. The van der Waals surface area contributed by atoms with E-state index in [9.17, 15) is 0 Å². The second-order valence-electron chi connectivity index (χ2n) is 22.8. The maximum absolute atomic E-state index is 16.1. The van der Waals surface area contributed by atoms with Gasteiger partial charge >= 0.3 is 6.18 Å². The maximum atomic E-state index is 16.1. The van der Waals surface area contributed by atoms with Crippen molar-refractivity contribution in [1.82, 2.24) is 0 Å². The summed E-state index contributed by atoms with van der Waals surface area (Å²) in [6.07, 6.45) is -4.56. The number of fused-ring (bicyclic) bond motifs is 15. The Bertz CT molecular complexity index is 4240. The second kappa shape index (κ2) is 15.5. The summed E-state index contributed by atoms with van der Waals surface area (Å²) in [4.78, 5) is 0. The van der Waals surface area contributed by atoms with Crippen molar-refractivity contribution in [1.29, 1.82) is 0 Å². The molecule has 0 aromatic heterocycles. The first-order valence-corrected chi connectivity index (χ1v) is 26.5. The molecule has 364 valence electrons. The molecule has 3 heteroatoms. The number of hydrogen-bond acceptors (Lipinski definition) is 0. The molecule has 0 spiro atoms. The van der Waals surface area contributed by atoms with Crippen LogP contribution in [0.5, 0.6) is 0 Å². The molecule has 76 heavy (non-hydrogen) atoms. The third-order valence-corrected chi connectivity index (χ3v) is 18.2. The van der Waals surface area contributed by atoms with Crippen molar-refractivity contribution in [3.8, 4) is 77.9 Å². The molecule has 0 amide bonds. The Morgan fingerprint density at radius 3 is 0.855 bits per heavy atom. The third kappa shape index (κ3) is 6.14. The molecule has 3 aliphatic carbocycles. The van der Waals surface area contributed by atoms with E-state index in [1.54, 1.807) is 0 Å². The molecule has 0 atom stereocenters. The molecular formula is C73H51F3. The molecule has 0 N–H and O–H groups in total. The molecule has 0 bridgehead atoms. The van der Waals surface area contributed by atoms with Crippen LogP contribution in [-0.2, 0) is 16.2 Å². The molecule has 12 aromatic rings. The van der Waals surface area contributed by atoms with Crippen LogP contribution in [0.2, 0.25) is 0 Å². The van der Waals surface area contributed by atoms with Gasteiger partial charge in [0.1, 0.15) is 5.41 Å². The van der Waals surface area contributed by atoms with Crippen LogP contribution in [0.4, 0.5) is 13.2 Å². The Morgan fingerprint density at radius 1 is 0.250 bits per heavy atom. The van der Waals surface area contributed by atoms with Gasteiger partial charge in [-0.1, -0.05) is 198 Å². The van der Waals surface area contributed by atoms with Crippen LogP contribution in [0.25, 0.3) is 121 Å². The molecule has 15 rings (SSSR count). The van der Waals surface area contributed by atoms with Gasteiger partial charge in [-0.05, 0) is 210 Å². The van der Waals surface area contributed by atoms with Crippen molar-refractivity contribution in [2.75, 3.05) is 0 Å². The van der Waals surface area contributed by atoms with Gasteiger partial charge in [-0.25, -0.2) is 0 Å². The van der Waals surface area contributed by atoms with E-state index in [0.29, 0.717) is 22.3 Å². The normalized spacial score (nSPS) is 15.2. The zero-order valence-corrected chi connectivity index (χ0v) is 42.9. The fourth-order valence-electron chi connectivity index (χ4n) is 14.0. The highest BCUT2D eigenvalue weighted by Crippen LogP contribution is 2.59. The minimum atomic E-state index is -4.56. The first-order valence-electron chi connectivity index (χ1n) is 26.5. The van der Waals surface area contributed by atoms with Gasteiger partial charge in [-0.15, -0.1) is 0 Å². The summed E-state index contributed by atoms with van der Waals surface area (Å²) in [5.41, 5.74) is 16.6. The molecule has 12 aromatic carbocycles. The van der Waals surface area contributed by atoms with Crippen LogP contribution < -0.4 is 0 Å². The van der Waals surface area contributed by atoms with Crippen molar-refractivity contribution >= 4 is 43.1 Å². The fraction of sp³-hybridized carbons (Fsp3) is 0.123. The van der Waals surface area contributed by atoms with Crippen LogP contribution in [-0.4, -0.2) is 6.18 Å². The second-order valence-corrected chi connectivity index (χ2v) is 22.8. The summed E-state index contributed by atoms with van der Waals surface area (Å²) in [7, 11) is 0. The first-order chi connectivity index (χ1) is 36.7. The largest absolute Gasteiger partial charge is 0.402 e. The molecule has 0 heterocycles. The first kappa shape index (κ1) is 44.9. The molecule has 0 fully saturated rings. The highest BCUT2D eigenvalue weighted by Gasteiger charge is 2.58. The molecular weight excluding hydrogens is 934 g/mol. The lowest BCUT2D eigenvalue weighted by Gasteiger charge is -2.30. The summed E-state index contributed by atoms with van der Waals surface area (Å²) >= 11 is 0. The number of rotatable bonds is 4. The lowest BCUT2D eigenvalue weighted by Crippen LogP contribution is -2.38. The Kier molecular flexibility index (Phi) is 9.17. The van der Waals surface area contributed by atoms with E-state index in [0.717, 1.165) is 22.3 Å². The predicted molar refractivity (Wildman–Crippen MR) is 311 cm³/mol. The average Bonchev–Trinajstić information content (AvgIpc) is 4.14. The summed E-state index contributed by atoms with van der Waals surface area (Å²) < 4.78 is 48.2. The Hall–Kier alpha value is -8.53. The average molecular weight is 985 g/mol. The zero-order chi connectivity index (χ0) is 51.6. The van der Waals surface area contributed by atoms with Crippen LogP contribution in [0.15, 0.2) is 218 Å². The van der Waals surface area contributed by atoms with Crippen molar-refractivity contribution < 1.29 is 13.2 Å². The number of hydrogen-bond donors (Lipinski definition) is 0. The van der Waals surface area contributed by atoms with Gasteiger partial charge < -0.3 is 0 Å². The highest BCUT2D eigenvalue weighted by molar-refractivity contribution is 6.15. The van der Waals surface area contributed by atoms with Crippen LogP contribution >= 0.6 is 0 Å². The number of benzene rings is 12. The van der Waals surface area contributed by atoms with E-state index in [-0.39, 0.29) is 10.8 Å². The molecule has 0 unspecified atom stereocenters. The molecule has 0 nitrogen and oxygen atoms in total. The van der Waals surface area contributed by atoms with E-state index in [4.69, 9.17) is 0 Å². The minimum absolute atomic E-state index is 0.292. The van der Waals surface area contributed by atoms with E-state index in [1.165, 1.54) is 117 Å². The third-order valence-electron chi connectivity index (χ3n) is 18.2. The number of alkyl halides is 3. The minimum Gasteiger partial charge on any atom is -0.170 e. The molecule has 0 saturated carbocycles. The summed E-state index contributed by atoms with van der Waals surface area (Å²) in [6, 6.07) is 77.1. The Labute approximate surface area is 440 Å². The topological polar surface area (TPSA) is 0 Å². The standard InChI is InChI=1S/C73H51F3/c1-70(2)64-36-42(22-28-56(64)58-32-26-48(40-66(58)70)62-34-46-14-6-8-16-50(46)52-18-10-12-20-54(52)62)44-24-30-60-61-31-25-45(39-69(61)72(5,68(60)38-44)73(74,75)76)43-23-29-57-59-33-27-49(41-67(59)71(3,4)65(57)37-43)63-35-47-15-7-9-17-51(47)53-19-11-13-21-55(53)63/h6-41H,1-5H3. The summed E-state index contributed by atoms with van der Waals surface area (Å²) in [5.74, 6) is 0. The molecule has 0 saturated heterocycles. The van der Waals surface area contributed by atoms with Crippen molar-refractivity contribution in [3.05, 3.63) is 252 Å². The summed E-state index contributed by atoms with van der Waals surface area (Å²) in [6.45, 7) is 10.5. The zero-order valence-electron chi connectivity index (χ0n) is 42.9. The van der Waals surface area contributed by atoms with E-state index >= 15 is 13.2 Å². The Morgan fingerprint density at radius 2 is 0.513 bits per heavy atom. The lowest BCUT2D eigenvalue weighted by atomic mass is 9.77. The van der Waals surface area contributed by atoms with Crippen LogP contribution in [0, 0.1) is 0 Å². The maximum Gasteiger partial charge on any atom is 0.402 e. The van der Waals surface area contributed by atoms with Gasteiger partial charge in [0, 0.05) is 10.8 Å². The summed E-state index contributed by atoms with van der Waals surface area (Å²) in [5, 5.41) is 9.81. The SMILES string of the molecule is CC1(C)c2cc(-c3ccc4c(c3)C(C)(C(F)(F)F)c3cc(-c5ccc6c(c5)C(C)(C)c5cc(-c7cc8ccccc8c8ccccc78)ccc5-6)ccc3-4)ccc2-c2ccc(-c3cc4ccccc4c4ccccc34)cc21. The molecule has 0 aliphatic heterocycles. The van der Waals surface area contributed by atoms with E-state index in [2.05, 4.69) is 210 Å². The molecule has 3 aliphatic rings. The van der Waals surface area contributed by atoms with Gasteiger partial charge in [0.05, 0.1) is 0 Å². The van der Waals surface area contributed by atoms with Gasteiger partial charge in [0.25, 0.3) is 0 Å². The van der Waals surface area contributed by atoms with Crippen molar-refractivity contribution in [3.63, 3.8) is 0 Å². The van der Waals surface area contributed by atoms with E-state index < -0.39 is 11.6 Å². The van der Waals surface area contributed by atoms with Crippen LogP contribution in [0.1, 0.15) is 68.0 Å². The van der Waals surface area contributed by atoms with Crippen molar-refractivity contribution in [2.24, 2.45) is 0 Å². The Balaban J connectivity index is 0.766. The smallest absolute Gasteiger partial charge is 0.170 e. The van der Waals surface area contributed by atoms with Gasteiger partial charge in [0.2, 0.25) is 0 Å². The van der Waals surface area contributed by atoms with Gasteiger partial charge in [0.15, 0.2) is 0 Å². The predicted octanol–water partition coefficient (Wildman–Crippen LogP) is 20.4. The fourth-order valence-corrected chi connectivity index (χ4v) is 14.0. The quantitative estimate of drug-likeness (QED) is 0.154. The highest BCUT2D eigenvalue weighted by atomic mass is 19.4. The number of halogens is 3. The van der Waals surface area contributed by atoms with Gasteiger partial charge in [-0.3, -0.25) is 0 Å². The van der Waals surface area contributed by atoms with Crippen LogP contribution in [0.3, 0.4) is 0 Å². The monoisotopic (exact) mass is 984 g/mol. The lowest BCUT2D eigenvalue weighted by molar-refractivity contribution is -0.172. The van der Waals surface area contributed by atoms with Crippen molar-refractivity contribution in [2.45, 2.75) is 57.0 Å². The van der Waals surface area contributed by atoms with Gasteiger partial charge in [-0.2, -0.15) is 13.2 Å².